The Labute approximate surface area is 118 Å². The first-order valence-corrected chi connectivity index (χ1v) is 6.65. The molecule has 6 nitrogen and oxygen atoms in total. The maximum atomic E-state index is 11.7. The summed E-state index contributed by atoms with van der Waals surface area (Å²) < 4.78 is 2.04. The third-order valence-electron chi connectivity index (χ3n) is 2.89. The molecule has 0 aliphatic heterocycles. The highest BCUT2D eigenvalue weighted by Crippen LogP contribution is 2.06. The summed E-state index contributed by atoms with van der Waals surface area (Å²) >= 11 is 0. The van der Waals surface area contributed by atoms with Crippen molar-refractivity contribution in [3.05, 3.63) is 42.2 Å². The normalized spacial score (nSPS) is 10.3. The third-order valence-corrected chi connectivity index (χ3v) is 2.89. The molecule has 2 amide bonds. The fraction of sp³-hybridized carbons (Fsp3) is 0.357. The molecule has 0 spiro atoms. The van der Waals surface area contributed by atoms with Gasteiger partial charge in [-0.1, -0.05) is 6.92 Å². The number of nitrogens with one attached hydrogen (secondary N) is 2. The molecule has 20 heavy (non-hydrogen) atoms. The Morgan fingerprint density at radius 2 is 2.25 bits per heavy atom. The van der Waals surface area contributed by atoms with Crippen molar-refractivity contribution in [2.24, 2.45) is 0 Å². The predicted octanol–water partition coefficient (Wildman–Crippen LogP) is 1.97. The van der Waals surface area contributed by atoms with Gasteiger partial charge in [0.25, 0.3) is 0 Å². The molecular formula is C14H19N5O. The van der Waals surface area contributed by atoms with Crippen LogP contribution in [0.4, 0.5) is 10.5 Å². The fourth-order valence-electron chi connectivity index (χ4n) is 1.95. The summed E-state index contributed by atoms with van der Waals surface area (Å²) in [7, 11) is 0. The monoisotopic (exact) mass is 273 g/mol. The van der Waals surface area contributed by atoms with Crippen molar-refractivity contribution in [3.8, 4) is 0 Å². The molecule has 0 atom stereocenters. The fourth-order valence-corrected chi connectivity index (χ4v) is 1.95. The predicted molar refractivity (Wildman–Crippen MR) is 77.6 cm³/mol. The Kier molecular flexibility index (Phi) is 4.70. The van der Waals surface area contributed by atoms with Crippen molar-refractivity contribution in [2.45, 2.75) is 26.8 Å². The quantitative estimate of drug-likeness (QED) is 0.875. The van der Waals surface area contributed by atoms with E-state index in [0.29, 0.717) is 18.8 Å². The zero-order valence-corrected chi connectivity index (χ0v) is 11.8. The van der Waals surface area contributed by atoms with Gasteiger partial charge in [-0.15, -0.1) is 0 Å². The molecule has 2 heterocycles. The number of rotatable bonds is 5. The Balaban J connectivity index is 1.78. The number of amides is 2. The number of urea groups is 1. The number of carbonyl (C=O) groups excluding carboxylic acids is 1. The van der Waals surface area contributed by atoms with Crippen LogP contribution in [0.1, 0.15) is 18.3 Å². The van der Waals surface area contributed by atoms with E-state index in [1.54, 1.807) is 18.6 Å². The minimum Gasteiger partial charge on any atom is -0.336 e. The van der Waals surface area contributed by atoms with Gasteiger partial charge in [-0.2, -0.15) is 0 Å². The topological polar surface area (TPSA) is 71.8 Å². The number of imidazole rings is 1. The van der Waals surface area contributed by atoms with Crippen LogP contribution in [0.3, 0.4) is 0 Å². The van der Waals surface area contributed by atoms with Crippen LogP contribution in [-0.4, -0.2) is 27.1 Å². The first kappa shape index (κ1) is 14.0. The van der Waals surface area contributed by atoms with Crippen LogP contribution < -0.4 is 10.6 Å². The lowest BCUT2D eigenvalue weighted by molar-refractivity contribution is 0.251. The molecule has 0 radical (unpaired) electrons. The molecule has 0 unspecified atom stereocenters. The van der Waals surface area contributed by atoms with Crippen LogP contribution in [-0.2, 0) is 13.0 Å². The summed E-state index contributed by atoms with van der Waals surface area (Å²) in [5, 5.41) is 5.57. The van der Waals surface area contributed by atoms with Gasteiger partial charge in [-0.3, -0.25) is 4.98 Å². The van der Waals surface area contributed by atoms with Gasteiger partial charge in [0, 0.05) is 38.1 Å². The number of hydrogen-bond donors (Lipinski definition) is 2. The van der Waals surface area contributed by atoms with E-state index in [9.17, 15) is 4.79 Å². The van der Waals surface area contributed by atoms with Crippen molar-refractivity contribution in [3.63, 3.8) is 0 Å². The zero-order chi connectivity index (χ0) is 14.4. The van der Waals surface area contributed by atoms with Gasteiger partial charge in [0.2, 0.25) is 0 Å². The minimum absolute atomic E-state index is 0.226. The molecule has 2 N–H and O–H groups in total. The van der Waals surface area contributed by atoms with Crippen LogP contribution in [0.15, 0.2) is 30.9 Å². The van der Waals surface area contributed by atoms with Crippen molar-refractivity contribution in [2.75, 3.05) is 11.9 Å². The molecule has 0 saturated carbocycles. The highest BCUT2D eigenvalue weighted by atomic mass is 16.2. The van der Waals surface area contributed by atoms with Gasteiger partial charge in [-0.05, 0) is 18.6 Å². The van der Waals surface area contributed by atoms with E-state index >= 15 is 0 Å². The largest absolute Gasteiger partial charge is 0.336 e. The summed E-state index contributed by atoms with van der Waals surface area (Å²) in [4.78, 5) is 20.0. The van der Waals surface area contributed by atoms with E-state index in [4.69, 9.17) is 0 Å². The average molecular weight is 273 g/mol. The second-order valence-electron chi connectivity index (χ2n) is 4.52. The summed E-state index contributed by atoms with van der Waals surface area (Å²) in [6.07, 6.45) is 7.94. The zero-order valence-electron chi connectivity index (χ0n) is 11.8. The number of aryl methyl sites for hydroxylation is 2. The second-order valence-corrected chi connectivity index (χ2v) is 4.52. The standard InChI is InChI=1S/C14H19N5O/c1-3-13-16-4-6-19(13)7-5-17-14(20)18-12-8-11(2)9-15-10-12/h4,6,8-10H,3,5,7H2,1-2H3,(H2,17,18,20). The van der Waals surface area contributed by atoms with Crippen LogP contribution in [0.5, 0.6) is 0 Å². The molecule has 0 aliphatic carbocycles. The number of hydrogen-bond acceptors (Lipinski definition) is 3. The number of pyridine rings is 1. The summed E-state index contributed by atoms with van der Waals surface area (Å²) in [5.41, 5.74) is 1.70. The van der Waals surface area contributed by atoms with Crippen molar-refractivity contribution in [1.29, 1.82) is 0 Å². The van der Waals surface area contributed by atoms with E-state index in [2.05, 4.69) is 27.5 Å². The number of anilines is 1. The van der Waals surface area contributed by atoms with Crippen LogP contribution >= 0.6 is 0 Å². The van der Waals surface area contributed by atoms with E-state index < -0.39 is 0 Å². The molecule has 0 bridgehead atoms. The summed E-state index contributed by atoms with van der Waals surface area (Å²) in [6, 6.07) is 1.65. The number of aromatic nitrogens is 3. The van der Waals surface area contributed by atoms with Gasteiger partial charge in [0.05, 0.1) is 11.9 Å². The average Bonchev–Trinajstić information content (AvgIpc) is 2.86. The van der Waals surface area contributed by atoms with Gasteiger partial charge in [-0.25, -0.2) is 9.78 Å². The van der Waals surface area contributed by atoms with Gasteiger partial charge in [0.15, 0.2) is 0 Å². The molecule has 2 rings (SSSR count). The smallest absolute Gasteiger partial charge is 0.319 e. The first-order valence-electron chi connectivity index (χ1n) is 6.65. The Morgan fingerprint density at radius 3 is 3.00 bits per heavy atom. The van der Waals surface area contributed by atoms with Crippen LogP contribution in [0, 0.1) is 6.92 Å². The van der Waals surface area contributed by atoms with E-state index in [1.165, 1.54) is 0 Å². The molecule has 0 aliphatic rings. The van der Waals surface area contributed by atoms with E-state index in [-0.39, 0.29) is 6.03 Å². The van der Waals surface area contributed by atoms with E-state index in [1.807, 2.05) is 23.8 Å². The number of nitrogens with zero attached hydrogens (tertiary/aromatic N) is 3. The summed E-state index contributed by atoms with van der Waals surface area (Å²) in [6.45, 7) is 5.25. The highest BCUT2D eigenvalue weighted by molar-refractivity contribution is 5.89. The lowest BCUT2D eigenvalue weighted by Crippen LogP contribution is -2.31. The van der Waals surface area contributed by atoms with Crippen LogP contribution in [0.25, 0.3) is 0 Å². The molecule has 0 aromatic carbocycles. The molecule has 0 saturated heterocycles. The molecule has 2 aromatic heterocycles. The molecule has 6 heteroatoms. The minimum atomic E-state index is -0.226. The van der Waals surface area contributed by atoms with Crippen molar-refractivity contribution in [1.82, 2.24) is 19.9 Å². The maximum Gasteiger partial charge on any atom is 0.319 e. The highest BCUT2D eigenvalue weighted by Gasteiger charge is 2.03. The lowest BCUT2D eigenvalue weighted by atomic mass is 10.3. The second kappa shape index (κ2) is 6.70. The van der Waals surface area contributed by atoms with Gasteiger partial charge < -0.3 is 15.2 Å². The van der Waals surface area contributed by atoms with Gasteiger partial charge in [0.1, 0.15) is 5.82 Å². The summed E-state index contributed by atoms with van der Waals surface area (Å²) in [5.74, 6) is 1.02. The SMILES string of the molecule is CCc1nccn1CCNC(=O)Nc1cncc(C)c1. The Hall–Kier alpha value is -2.37. The van der Waals surface area contributed by atoms with Gasteiger partial charge >= 0.3 is 6.03 Å². The Bertz CT molecular complexity index is 578. The molecule has 0 fully saturated rings. The van der Waals surface area contributed by atoms with E-state index in [0.717, 1.165) is 17.8 Å². The molecular weight excluding hydrogens is 254 g/mol. The van der Waals surface area contributed by atoms with Crippen LogP contribution in [0.2, 0.25) is 0 Å². The molecule has 2 aromatic rings. The Morgan fingerprint density at radius 1 is 1.40 bits per heavy atom. The first-order chi connectivity index (χ1) is 9.69. The molecule has 106 valence electrons. The lowest BCUT2D eigenvalue weighted by Gasteiger charge is -2.09. The maximum absolute atomic E-state index is 11.7. The van der Waals surface area contributed by atoms with Crippen molar-refractivity contribution < 1.29 is 4.79 Å². The number of carbonyl (C=O) groups is 1. The third kappa shape index (κ3) is 3.81. The van der Waals surface area contributed by atoms with Crippen molar-refractivity contribution >= 4 is 11.7 Å².